The van der Waals surface area contributed by atoms with Gasteiger partial charge in [0.25, 0.3) is 0 Å². The normalized spacial score (nSPS) is 12.6. The van der Waals surface area contributed by atoms with E-state index in [9.17, 15) is 4.39 Å². The largest absolute Gasteiger partial charge is 0.339 e. The predicted molar refractivity (Wildman–Crippen MR) is 61.0 cm³/mol. The fourth-order valence-corrected chi connectivity index (χ4v) is 1.42. The standard InChI is InChI=1S/C12H14FN3O/c1-8(7-14)12-15-11(17-16-12)6-9-2-4-10(13)5-3-9/h2-5,8H,6-7,14H2,1H3. The third kappa shape index (κ3) is 2.88. The Balaban J connectivity index is 2.08. The summed E-state index contributed by atoms with van der Waals surface area (Å²) in [4.78, 5) is 4.25. The van der Waals surface area contributed by atoms with Crippen molar-refractivity contribution in [1.29, 1.82) is 0 Å². The molecule has 0 saturated carbocycles. The molecule has 1 heterocycles. The van der Waals surface area contributed by atoms with E-state index in [-0.39, 0.29) is 11.7 Å². The van der Waals surface area contributed by atoms with E-state index in [4.69, 9.17) is 10.3 Å². The third-order valence-corrected chi connectivity index (χ3v) is 2.55. The molecule has 0 amide bonds. The third-order valence-electron chi connectivity index (χ3n) is 2.55. The van der Waals surface area contributed by atoms with Crippen molar-refractivity contribution in [2.24, 2.45) is 5.73 Å². The van der Waals surface area contributed by atoms with Crippen LogP contribution in [-0.4, -0.2) is 16.7 Å². The number of halogens is 1. The minimum absolute atomic E-state index is 0.0840. The van der Waals surface area contributed by atoms with E-state index in [2.05, 4.69) is 10.1 Å². The summed E-state index contributed by atoms with van der Waals surface area (Å²) in [6, 6.07) is 6.22. The van der Waals surface area contributed by atoms with Crippen LogP contribution in [0.4, 0.5) is 4.39 Å². The molecule has 0 aliphatic heterocycles. The van der Waals surface area contributed by atoms with Crippen molar-refractivity contribution >= 4 is 0 Å². The zero-order valence-corrected chi connectivity index (χ0v) is 9.56. The van der Waals surface area contributed by atoms with Gasteiger partial charge in [-0.15, -0.1) is 0 Å². The first-order chi connectivity index (χ1) is 8.19. The molecule has 0 bridgehead atoms. The Morgan fingerprint density at radius 2 is 2.06 bits per heavy atom. The molecule has 1 aromatic heterocycles. The van der Waals surface area contributed by atoms with Crippen molar-refractivity contribution in [3.8, 4) is 0 Å². The van der Waals surface area contributed by atoms with Gasteiger partial charge in [0.2, 0.25) is 5.89 Å². The smallest absolute Gasteiger partial charge is 0.231 e. The molecular formula is C12H14FN3O. The van der Waals surface area contributed by atoms with Crippen LogP contribution in [0.5, 0.6) is 0 Å². The number of hydrogen-bond acceptors (Lipinski definition) is 4. The SMILES string of the molecule is CC(CN)c1noc(Cc2ccc(F)cc2)n1. The van der Waals surface area contributed by atoms with E-state index >= 15 is 0 Å². The maximum absolute atomic E-state index is 12.7. The number of benzene rings is 1. The maximum Gasteiger partial charge on any atom is 0.231 e. The summed E-state index contributed by atoms with van der Waals surface area (Å²) >= 11 is 0. The Morgan fingerprint density at radius 3 is 2.71 bits per heavy atom. The molecule has 0 aliphatic carbocycles. The molecule has 1 atom stereocenters. The van der Waals surface area contributed by atoms with E-state index in [1.807, 2.05) is 6.92 Å². The van der Waals surface area contributed by atoms with Gasteiger partial charge in [0.1, 0.15) is 5.82 Å². The van der Waals surface area contributed by atoms with Crippen LogP contribution in [0.25, 0.3) is 0 Å². The summed E-state index contributed by atoms with van der Waals surface area (Å²) in [6.45, 7) is 2.42. The zero-order valence-electron chi connectivity index (χ0n) is 9.56. The molecule has 2 aromatic rings. The van der Waals surface area contributed by atoms with Gasteiger partial charge >= 0.3 is 0 Å². The van der Waals surface area contributed by atoms with Crippen LogP contribution >= 0.6 is 0 Å². The van der Waals surface area contributed by atoms with Crippen molar-refractivity contribution in [3.63, 3.8) is 0 Å². The molecule has 4 nitrogen and oxygen atoms in total. The first-order valence-corrected chi connectivity index (χ1v) is 5.46. The molecule has 17 heavy (non-hydrogen) atoms. The molecule has 0 spiro atoms. The monoisotopic (exact) mass is 235 g/mol. The van der Waals surface area contributed by atoms with Gasteiger partial charge in [0.05, 0.1) is 6.42 Å². The van der Waals surface area contributed by atoms with Crippen molar-refractivity contribution in [2.75, 3.05) is 6.54 Å². The summed E-state index contributed by atoms with van der Waals surface area (Å²) in [7, 11) is 0. The molecule has 2 rings (SSSR count). The number of nitrogens with zero attached hydrogens (tertiary/aromatic N) is 2. The second-order valence-corrected chi connectivity index (χ2v) is 3.99. The quantitative estimate of drug-likeness (QED) is 0.878. The Kier molecular flexibility index (Phi) is 3.49. The van der Waals surface area contributed by atoms with Gasteiger partial charge in [-0.1, -0.05) is 24.2 Å². The van der Waals surface area contributed by atoms with Gasteiger partial charge in [-0.2, -0.15) is 4.98 Å². The van der Waals surface area contributed by atoms with E-state index < -0.39 is 0 Å². The van der Waals surface area contributed by atoms with Crippen LogP contribution in [-0.2, 0) is 6.42 Å². The molecule has 0 saturated heterocycles. The Bertz CT molecular complexity index is 481. The topological polar surface area (TPSA) is 64.9 Å². The number of hydrogen-bond donors (Lipinski definition) is 1. The van der Waals surface area contributed by atoms with Crippen LogP contribution in [0, 0.1) is 5.82 Å². The van der Waals surface area contributed by atoms with Gasteiger partial charge < -0.3 is 10.3 Å². The highest BCUT2D eigenvalue weighted by molar-refractivity contribution is 5.19. The van der Waals surface area contributed by atoms with E-state index in [1.165, 1.54) is 12.1 Å². The highest BCUT2D eigenvalue weighted by Gasteiger charge is 2.12. The van der Waals surface area contributed by atoms with Crippen LogP contribution in [0.15, 0.2) is 28.8 Å². The summed E-state index contributed by atoms with van der Waals surface area (Å²) in [5.74, 6) is 0.967. The average molecular weight is 235 g/mol. The Morgan fingerprint density at radius 1 is 1.35 bits per heavy atom. The van der Waals surface area contributed by atoms with Crippen molar-refractivity contribution < 1.29 is 8.91 Å². The van der Waals surface area contributed by atoms with E-state index in [0.717, 1.165) is 5.56 Å². The molecule has 0 fully saturated rings. The number of rotatable bonds is 4. The molecule has 90 valence electrons. The Labute approximate surface area is 98.6 Å². The molecule has 0 aliphatic rings. The van der Waals surface area contributed by atoms with Gasteiger partial charge in [0.15, 0.2) is 5.82 Å². The van der Waals surface area contributed by atoms with Crippen molar-refractivity contribution in [3.05, 3.63) is 47.4 Å². The average Bonchev–Trinajstić information content (AvgIpc) is 2.80. The van der Waals surface area contributed by atoms with E-state index in [1.54, 1.807) is 12.1 Å². The van der Waals surface area contributed by atoms with Crippen molar-refractivity contribution in [2.45, 2.75) is 19.3 Å². The lowest BCUT2D eigenvalue weighted by molar-refractivity contribution is 0.376. The molecular weight excluding hydrogens is 221 g/mol. The minimum Gasteiger partial charge on any atom is -0.339 e. The maximum atomic E-state index is 12.7. The summed E-state index contributed by atoms with van der Waals surface area (Å²) in [6.07, 6.45) is 0.505. The van der Waals surface area contributed by atoms with Crippen LogP contribution in [0.1, 0.15) is 30.1 Å². The molecule has 2 N–H and O–H groups in total. The lowest BCUT2D eigenvalue weighted by Gasteiger charge is -1.99. The fourth-order valence-electron chi connectivity index (χ4n) is 1.42. The van der Waals surface area contributed by atoms with Gasteiger partial charge in [-0.05, 0) is 17.7 Å². The molecule has 1 unspecified atom stereocenters. The van der Waals surface area contributed by atoms with Gasteiger partial charge in [-0.25, -0.2) is 4.39 Å². The molecule has 0 radical (unpaired) electrons. The first-order valence-electron chi connectivity index (χ1n) is 5.46. The van der Waals surface area contributed by atoms with Crippen LogP contribution < -0.4 is 5.73 Å². The lowest BCUT2D eigenvalue weighted by Crippen LogP contribution is -2.10. The van der Waals surface area contributed by atoms with Gasteiger partial charge in [0, 0.05) is 12.5 Å². The van der Waals surface area contributed by atoms with Crippen molar-refractivity contribution in [1.82, 2.24) is 10.1 Å². The minimum atomic E-state index is -0.253. The lowest BCUT2D eigenvalue weighted by atomic mass is 10.1. The predicted octanol–water partition coefficient (Wildman–Crippen LogP) is 1.86. The fraction of sp³-hybridized carbons (Fsp3) is 0.333. The Hall–Kier alpha value is -1.75. The summed E-state index contributed by atoms with van der Waals surface area (Å²) in [5.41, 5.74) is 6.45. The van der Waals surface area contributed by atoms with E-state index in [0.29, 0.717) is 24.7 Å². The second-order valence-electron chi connectivity index (χ2n) is 3.99. The van der Waals surface area contributed by atoms with Crippen LogP contribution in [0.3, 0.4) is 0 Å². The van der Waals surface area contributed by atoms with Gasteiger partial charge in [-0.3, -0.25) is 0 Å². The highest BCUT2D eigenvalue weighted by atomic mass is 19.1. The van der Waals surface area contributed by atoms with Crippen LogP contribution in [0.2, 0.25) is 0 Å². The highest BCUT2D eigenvalue weighted by Crippen LogP contribution is 2.13. The molecule has 1 aromatic carbocycles. The summed E-state index contributed by atoms with van der Waals surface area (Å²) < 4.78 is 17.8. The zero-order chi connectivity index (χ0) is 12.3. The number of aromatic nitrogens is 2. The first kappa shape index (κ1) is 11.7. The summed E-state index contributed by atoms with van der Waals surface area (Å²) in [5, 5.41) is 3.86. The second kappa shape index (κ2) is 5.05. The molecule has 5 heteroatoms. The number of nitrogens with two attached hydrogens (primary N) is 1.